The molecule has 8 unspecified atom stereocenters. The first-order chi connectivity index (χ1) is 32.0. The number of H-pyrrole nitrogens is 2. The van der Waals surface area contributed by atoms with Gasteiger partial charge in [-0.25, -0.2) is 19.6 Å². The Kier molecular flexibility index (Phi) is 11.9. The number of ether oxygens (including phenoxy) is 4. The third-order valence-corrected chi connectivity index (χ3v) is 15.3. The highest BCUT2D eigenvalue weighted by atomic mass is 16.5. The van der Waals surface area contributed by atoms with Crippen LogP contribution in [0.1, 0.15) is 108 Å². The van der Waals surface area contributed by atoms with E-state index in [9.17, 15) is 19.2 Å². The Hall–Kier alpha value is -6.16. The van der Waals surface area contributed by atoms with Gasteiger partial charge in [-0.2, -0.15) is 0 Å². The van der Waals surface area contributed by atoms with E-state index in [4.69, 9.17) is 28.9 Å². The fourth-order valence-corrected chi connectivity index (χ4v) is 11.6. The molecule has 5 aliphatic rings. The minimum absolute atomic E-state index is 0.0168. The van der Waals surface area contributed by atoms with Crippen LogP contribution in [-0.2, 0) is 30.4 Å². The molecular formula is C50H60N8O8. The number of benzene rings is 3. The van der Waals surface area contributed by atoms with Gasteiger partial charge in [0.15, 0.2) is 0 Å². The standard InChI is InChI=1S/C50H60N8O8/c1-6-26(2)42(55-49(61)63-4)47(59)57-27(3)10-15-39(57)45-51-24-37(53-45)30-11-13-33-32(20-30)25-66-41-23-34-29(21-35(33)41)12-14-36-44(34)54-46(52-36)40-22-31-8-7-9-38(31)58(40)48(60)43(56-50(62)64-5)28-16-18-65-19-17-28/h11-14,20-21,23-24,26-28,31,38-40,42-43H,6-10,15-19,22,25H2,1-5H3,(H,51,53)(H,52,54)(H,55,61)(H,56,62). The summed E-state index contributed by atoms with van der Waals surface area (Å²) in [7, 11) is 2.64. The third kappa shape index (κ3) is 7.79. The molecule has 3 aromatic carbocycles. The van der Waals surface area contributed by atoms with Gasteiger partial charge in [-0.3, -0.25) is 9.59 Å². The zero-order valence-corrected chi connectivity index (χ0v) is 38.4. The number of aromatic amines is 2. The zero-order chi connectivity index (χ0) is 45.8. The van der Waals surface area contributed by atoms with Crippen LogP contribution in [0.2, 0.25) is 0 Å². The van der Waals surface area contributed by atoms with E-state index in [2.05, 4.69) is 63.1 Å². The van der Waals surface area contributed by atoms with Crippen molar-refractivity contribution in [2.75, 3.05) is 27.4 Å². The first-order valence-corrected chi connectivity index (χ1v) is 23.7. The van der Waals surface area contributed by atoms with Crippen molar-refractivity contribution in [1.82, 2.24) is 40.4 Å². The van der Waals surface area contributed by atoms with Crippen molar-refractivity contribution in [3.05, 3.63) is 65.9 Å². The van der Waals surface area contributed by atoms with Crippen LogP contribution in [0.4, 0.5) is 9.59 Å². The molecule has 0 spiro atoms. The quantitative estimate of drug-likeness (QED) is 0.107. The number of rotatable bonds is 10. The van der Waals surface area contributed by atoms with Crippen molar-refractivity contribution in [1.29, 1.82) is 0 Å². The number of hydrogen-bond donors (Lipinski definition) is 4. The maximum atomic E-state index is 14.7. The van der Waals surface area contributed by atoms with Gasteiger partial charge in [0.1, 0.15) is 36.1 Å². The summed E-state index contributed by atoms with van der Waals surface area (Å²) in [6.45, 7) is 7.51. The predicted molar refractivity (Wildman–Crippen MR) is 246 cm³/mol. The van der Waals surface area contributed by atoms with Gasteiger partial charge in [-0.05, 0) is 116 Å². The lowest BCUT2D eigenvalue weighted by Crippen LogP contribution is -2.55. The molecule has 16 nitrogen and oxygen atoms in total. The largest absolute Gasteiger partial charge is 0.488 e. The van der Waals surface area contributed by atoms with Gasteiger partial charge in [-0.15, -0.1) is 0 Å². The number of carbonyl (C=O) groups excluding carboxylic acids is 4. The SMILES string of the molecule is CCC(C)C(NC(=O)OC)C(=O)N1C(C)CCC1c1ncc(-c2ccc3c(c2)COc2cc4c(ccc5[nH]c(C6CC7CCCC7N6C(=O)C(NC(=O)OC)C6CCOCC6)nc54)cc2-3)[nH]1. The van der Waals surface area contributed by atoms with E-state index < -0.39 is 24.3 Å². The number of fused-ring (bicyclic) bond motifs is 7. The summed E-state index contributed by atoms with van der Waals surface area (Å²) in [5.74, 6) is 2.30. The van der Waals surface area contributed by atoms with Crippen molar-refractivity contribution in [3.8, 4) is 28.1 Å². The van der Waals surface area contributed by atoms with Crippen molar-refractivity contribution in [2.45, 2.75) is 121 Å². The minimum Gasteiger partial charge on any atom is -0.488 e. The Morgan fingerprint density at radius 2 is 1.67 bits per heavy atom. The third-order valence-electron chi connectivity index (χ3n) is 15.3. The van der Waals surface area contributed by atoms with Gasteiger partial charge in [0.05, 0.1) is 49.2 Å². The highest BCUT2D eigenvalue weighted by Crippen LogP contribution is 2.49. The van der Waals surface area contributed by atoms with Crippen LogP contribution >= 0.6 is 0 Å². The summed E-state index contributed by atoms with van der Waals surface area (Å²) >= 11 is 0. The van der Waals surface area contributed by atoms with Crippen molar-refractivity contribution < 1.29 is 38.1 Å². The molecule has 3 saturated heterocycles. The van der Waals surface area contributed by atoms with Crippen molar-refractivity contribution in [2.24, 2.45) is 17.8 Å². The fraction of sp³-hybridized carbons (Fsp3) is 0.520. The molecule has 2 aromatic heterocycles. The van der Waals surface area contributed by atoms with Crippen LogP contribution in [-0.4, -0.2) is 105 Å². The van der Waals surface area contributed by atoms with Crippen LogP contribution in [0.25, 0.3) is 44.2 Å². The number of hydrogen-bond acceptors (Lipinski definition) is 10. The lowest BCUT2D eigenvalue weighted by atomic mass is 9.90. The van der Waals surface area contributed by atoms with E-state index in [1.54, 1.807) is 0 Å². The number of nitrogens with one attached hydrogen (secondary N) is 4. The van der Waals surface area contributed by atoms with Gasteiger partial charge in [0, 0.05) is 36.2 Å². The molecule has 16 heteroatoms. The number of methoxy groups -OCH3 is 2. The van der Waals surface area contributed by atoms with Crippen LogP contribution in [0, 0.1) is 17.8 Å². The molecule has 4 fully saturated rings. The van der Waals surface area contributed by atoms with Gasteiger partial charge in [0.25, 0.3) is 0 Å². The summed E-state index contributed by atoms with van der Waals surface area (Å²) in [5.41, 5.74) is 6.66. The second kappa shape index (κ2) is 17.9. The first-order valence-electron chi connectivity index (χ1n) is 23.7. The molecule has 5 aromatic rings. The van der Waals surface area contributed by atoms with Gasteiger partial charge in [0.2, 0.25) is 11.8 Å². The summed E-state index contributed by atoms with van der Waals surface area (Å²) < 4.78 is 22.0. The molecule has 4 N–H and O–H groups in total. The zero-order valence-electron chi connectivity index (χ0n) is 38.4. The summed E-state index contributed by atoms with van der Waals surface area (Å²) in [5, 5.41) is 7.69. The van der Waals surface area contributed by atoms with E-state index >= 15 is 0 Å². The number of carbonyl (C=O) groups is 4. The molecule has 4 aliphatic heterocycles. The van der Waals surface area contributed by atoms with Gasteiger partial charge >= 0.3 is 12.2 Å². The van der Waals surface area contributed by atoms with E-state index in [-0.39, 0.29) is 47.8 Å². The molecule has 10 rings (SSSR count). The van der Waals surface area contributed by atoms with Gasteiger partial charge in [-0.1, -0.05) is 44.9 Å². The van der Waals surface area contributed by atoms with Crippen molar-refractivity contribution in [3.63, 3.8) is 0 Å². The second-order valence-electron chi connectivity index (χ2n) is 19.0. The molecule has 348 valence electrons. The fourth-order valence-electron chi connectivity index (χ4n) is 11.6. The summed E-state index contributed by atoms with van der Waals surface area (Å²) in [4.78, 5) is 74.8. The van der Waals surface area contributed by atoms with E-state index in [0.29, 0.717) is 44.4 Å². The topological polar surface area (TPSA) is 193 Å². The van der Waals surface area contributed by atoms with Crippen molar-refractivity contribution >= 4 is 45.8 Å². The van der Waals surface area contributed by atoms with Crippen LogP contribution in [0.15, 0.2) is 48.7 Å². The Labute approximate surface area is 383 Å². The molecule has 66 heavy (non-hydrogen) atoms. The highest BCUT2D eigenvalue weighted by molar-refractivity contribution is 6.07. The van der Waals surface area contributed by atoms with E-state index in [1.165, 1.54) is 14.2 Å². The molecule has 1 saturated carbocycles. The highest BCUT2D eigenvalue weighted by Gasteiger charge is 2.50. The maximum Gasteiger partial charge on any atom is 0.407 e. The molecule has 4 amide bonds. The van der Waals surface area contributed by atoms with Crippen LogP contribution < -0.4 is 15.4 Å². The molecule has 0 radical (unpaired) electrons. The molecule has 6 heterocycles. The van der Waals surface area contributed by atoms with Crippen LogP contribution in [0.5, 0.6) is 5.75 Å². The molecule has 8 atom stereocenters. The number of aromatic nitrogens is 4. The lowest BCUT2D eigenvalue weighted by molar-refractivity contribution is -0.139. The number of imidazole rings is 2. The smallest absolute Gasteiger partial charge is 0.407 e. The Bertz CT molecular complexity index is 2670. The number of amides is 4. The number of nitrogens with zero attached hydrogens (tertiary/aromatic N) is 4. The minimum atomic E-state index is -0.706. The average Bonchev–Trinajstić information content (AvgIpc) is 4.20. The van der Waals surface area contributed by atoms with E-state index in [1.807, 2.05) is 36.8 Å². The second-order valence-corrected chi connectivity index (χ2v) is 19.0. The predicted octanol–water partition coefficient (Wildman–Crippen LogP) is 8.08. The lowest BCUT2D eigenvalue weighted by Gasteiger charge is -2.36. The normalized spacial score (nSPS) is 24.0. The molecule has 1 aliphatic carbocycles. The average molecular weight is 901 g/mol. The van der Waals surface area contributed by atoms with E-state index in [0.717, 1.165) is 106 Å². The molecular weight excluding hydrogens is 841 g/mol. The Balaban J connectivity index is 0.911. The maximum absolute atomic E-state index is 14.7. The number of likely N-dealkylation sites (tertiary alicyclic amines) is 2. The molecule has 0 bridgehead atoms. The van der Waals surface area contributed by atoms with Gasteiger partial charge < -0.3 is 49.3 Å². The monoisotopic (exact) mass is 900 g/mol. The summed E-state index contributed by atoms with van der Waals surface area (Å²) in [6, 6.07) is 13.0. The Morgan fingerprint density at radius 1 is 0.864 bits per heavy atom. The first kappa shape index (κ1) is 43.7. The number of alkyl carbamates (subject to hydrolysis) is 2. The Morgan fingerprint density at radius 3 is 2.45 bits per heavy atom. The van der Waals surface area contributed by atoms with Crippen LogP contribution in [0.3, 0.4) is 0 Å². The summed E-state index contributed by atoms with van der Waals surface area (Å²) in [6.07, 6.45) is 8.17.